The smallest absolute Gasteiger partial charge is 0.255 e. The van der Waals surface area contributed by atoms with Crippen molar-refractivity contribution in [2.24, 2.45) is 0 Å². The third-order valence-electron chi connectivity index (χ3n) is 3.86. The zero-order valence-corrected chi connectivity index (χ0v) is 15.7. The first-order valence-corrected chi connectivity index (χ1v) is 8.85. The van der Waals surface area contributed by atoms with Gasteiger partial charge in [0.15, 0.2) is 0 Å². The number of rotatable bonds is 9. The molecule has 8 nitrogen and oxygen atoms in total. The van der Waals surface area contributed by atoms with Gasteiger partial charge in [-0.25, -0.2) is 26.9 Å². The normalized spacial score (nSPS) is 10.9. The van der Waals surface area contributed by atoms with Crippen LogP contribution in [0.1, 0.15) is 5.56 Å². The number of alkyl halides is 2. The largest absolute Gasteiger partial charge is 0.366 e. The van der Waals surface area contributed by atoms with Crippen LogP contribution in [0, 0.1) is 17.5 Å². The number of amides is 1. The van der Waals surface area contributed by atoms with Crippen molar-refractivity contribution < 1.29 is 26.7 Å². The Bertz CT molecular complexity index is 1040. The van der Waals surface area contributed by atoms with Gasteiger partial charge in [-0.05, 0) is 6.07 Å². The highest BCUT2D eigenvalue weighted by atomic mass is 19.3. The summed E-state index contributed by atoms with van der Waals surface area (Å²) in [5, 5.41) is 11.5. The molecule has 2 aromatic heterocycles. The monoisotopic (exact) mass is 441 g/mol. The summed E-state index contributed by atoms with van der Waals surface area (Å²) in [6.07, 6.45) is 1.55. The van der Waals surface area contributed by atoms with Gasteiger partial charge >= 0.3 is 0 Å². The Morgan fingerprint density at radius 3 is 2.61 bits per heavy atom. The van der Waals surface area contributed by atoms with Crippen molar-refractivity contribution >= 4 is 23.4 Å². The van der Waals surface area contributed by atoms with Crippen molar-refractivity contribution in [2.45, 2.75) is 19.5 Å². The number of nitrogens with zero attached hydrogens (tertiary/aromatic N) is 4. The molecule has 0 aliphatic heterocycles. The fourth-order valence-electron chi connectivity index (χ4n) is 2.48. The third kappa shape index (κ3) is 6.35. The standard InChI is InChI=1S/C18H16F5N7O/c19-10-3-13(20)12(14(21)4-10)6-25-16-1-2-24-18(29-16)28-11-5-27-30(8-11)9-17(31)26-7-15(22)23/h1-5,8,15H,6-7,9H2,(H,26,31)(H2,24,25,28,29). The molecule has 0 fully saturated rings. The van der Waals surface area contributed by atoms with Crippen LogP contribution >= 0.6 is 0 Å². The second-order valence-electron chi connectivity index (χ2n) is 6.21. The molecule has 0 bridgehead atoms. The van der Waals surface area contributed by atoms with Gasteiger partial charge in [0.25, 0.3) is 6.43 Å². The van der Waals surface area contributed by atoms with Crippen LogP contribution in [-0.2, 0) is 17.9 Å². The lowest BCUT2D eigenvalue weighted by Gasteiger charge is -2.09. The molecule has 164 valence electrons. The zero-order valence-electron chi connectivity index (χ0n) is 15.7. The fraction of sp³-hybridized carbons (Fsp3) is 0.222. The Labute approximate surface area is 172 Å². The Balaban J connectivity index is 1.59. The number of carbonyl (C=O) groups excluding carboxylic acids is 1. The minimum Gasteiger partial charge on any atom is -0.366 e. The van der Waals surface area contributed by atoms with Gasteiger partial charge in [-0.3, -0.25) is 9.48 Å². The summed E-state index contributed by atoms with van der Waals surface area (Å²) >= 11 is 0. The molecule has 0 saturated carbocycles. The van der Waals surface area contributed by atoms with E-state index in [1.807, 2.05) is 0 Å². The van der Waals surface area contributed by atoms with Crippen molar-refractivity contribution in [2.75, 3.05) is 17.2 Å². The van der Waals surface area contributed by atoms with Crippen molar-refractivity contribution in [3.8, 4) is 0 Å². The van der Waals surface area contributed by atoms with Crippen molar-refractivity contribution in [1.82, 2.24) is 25.1 Å². The SMILES string of the molecule is O=C(Cn1cc(Nc2nccc(NCc3c(F)cc(F)cc3F)n2)cn1)NCC(F)F. The lowest BCUT2D eigenvalue weighted by molar-refractivity contribution is -0.122. The molecule has 0 aliphatic rings. The predicted octanol–water partition coefficient (Wildman–Crippen LogP) is 2.83. The third-order valence-corrected chi connectivity index (χ3v) is 3.86. The van der Waals surface area contributed by atoms with E-state index in [-0.39, 0.29) is 30.4 Å². The van der Waals surface area contributed by atoms with E-state index in [1.165, 1.54) is 29.3 Å². The second-order valence-corrected chi connectivity index (χ2v) is 6.21. The second kappa shape index (κ2) is 9.82. The molecule has 1 amide bonds. The maximum absolute atomic E-state index is 13.7. The number of halogens is 5. The van der Waals surface area contributed by atoms with Gasteiger partial charge in [-0.2, -0.15) is 10.1 Å². The molecule has 0 saturated heterocycles. The molecule has 31 heavy (non-hydrogen) atoms. The highest BCUT2D eigenvalue weighted by Crippen LogP contribution is 2.17. The minimum absolute atomic E-state index is 0.117. The van der Waals surface area contributed by atoms with Crippen molar-refractivity contribution in [3.63, 3.8) is 0 Å². The van der Waals surface area contributed by atoms with Crippen LogP contribution in [0.25, 0.3) is 0 Å². The summed E-state index contributed by atoms with van der Waals surface area (Å²) in [5.41, 5.74) is 0.0651. The van der Waals surface area contributed by atoms with E-state index in [0.717, 1.165) is 0 Å². The highest BCUT2D eigenvalue weighted by Gasteiger charge is 2.12. The Morgan fingerprint density at radius 1 is 1.16 bits per heavy atom. The van der Waals surface area contributed by atoms with E-state index in [9.17, 15) is 26.7 Å². The first kappa shape index (κ1) is 21.9. The number of anilines is 3. The van der Waals surface area contributed by atoms with Crippen LogP contribution in [0.3, 0.4) is 0 Å². The maximum atomic E-state index is 13.7. The molecular weight excluding hydrogens is 425 g/mol. The first-order valence-electron chi connectivity index (χ1n) is 8.85. The Kier molecular flexibility index (Phi) is 6.95. The van der Waals surface area contributed by atoms with E-state index < -0.39 is 36.3 Å². The van der Waals surface area contributed by atoms with E-state index in [2.05, 4.69) is 31.0 Å². The van der Waals surface area contributed by atoms with Crippen LogP contribution in [0.15, 0.2) is 36.8 Å². The van der Waals surface area contributed by atoms with Gasteiger partial charge in [0.05, 0.1) is 18.4 Å². The molecule has 3 N–H and O–H groups in total. The Hall–Kier alpha value is -3.77. The van der Waals surface area contributed by atoms with E-state index in [4.69, 9.17) is 0 Å². The van der Waals surface area contributed by atoms with Gasteiger partial charge in [0.2, 0.25) is 11.9 Å². The van der Waals surface area contributed by atoms with Crippen molar-refractivity contribution in [1.29, 1.82) is 0 Å². The van der Waals surface area contributed by atoms with E-state index in [1.54, 1.807) is 0 Å². The lowest BCUT2D eigenvalue weighted by atomic mass is 10.2. The average Bonchev–Trinajstić information content (AvgIpc) is 3.12. The van der Waals surface area contributed by atoms with E-state index in [0.29, 0.717) is 17.8 Å². The molecule has 0 spiro atoms. The lowest BCUT2D eigenvalue weighted by Crippen LogP contribution is -2.31. The molecule has 2 heterocycles. The average molecular weight is 441 g/mol. The molecular formula is C18H16F5N7O. The van der Waals surface area contributed by atoms with Crippen LogP contribution in [0.2, 0.25) is 0 Å². The molecule has 0 atom stereocenters. The highest BCUT2D eigenvalue weighted by molar-refractivity contribution is 5.75. The van der Waals surface area contributed by atoms with Crippen LogP contribution in [-0.4, -0.2) is 38.6 Å². The summed E-state index contributed by atoms with van der Waals surface area (Å²) in [4.78, 5) is 19.7. The van der Waals surface area contributed by atoms with Gasteiger partial charge < -0.3 is 16.0 Å². The zero-order chi connectivity index (χ0) is 22.4. The van der Waals surface area contributed by atoms with Gasteiger partial charge in [-0.1, -0.05) is 0 Å². The summed E-state index contributed by atoms with van der Waals surface area (Å²) in [6, 6.07) is 2.62. The quantitative estimate of drug-likeness (QED) is 0.442. The summed E-state index contributed by atoms with van der Waals surface area (Å²) in [7, 11) is 0. The number of hydrogen-bond acceptors (Lipinski definition) is 6. The van der Waals surface area contributed by atoms with Gasteiger partial charge in [0, 0.05) is 36.6 Å². The van der Waals surface area contributed by atoms with Crippen molar-refractivity contribution in [3.05, 3.63) is 59.8 Å². The number of nitrogens with one attached hydrogen (secondary N) is 3. The van der Waals surface area contributed by atoms with Crippen LogP contribution in [0.5, 0.6) is 0 Å². The van der Waals surface area contributed by atoms with E-state index >= 15 is 0 Å². The summed E-state index contributed by atoms with van der Waals surface area (Å²) < 4.78 is 65.9. The minimum atomic E-state index is -2.65. The Morgan fingerprint density at radius 2 is 1.90 bits per heavy atom. The molecule has 0 unspecified atom stereocenters. The maximum Gasteiger partial charge on any atom is 0.255 e. The number of benzene rings is 1. The molecule has 0 radical (unpaired) electrons. The first-order chi connectivity index (χ1) is 14.8. The van der Waals surface area contributed by atoms with Crippen LogP contribution < -0.4 is 16.0 Å². The topological polar surface area (TPSA) is 96.8 Å². The molecule has 3 aromatic rings. The van der Waals surface area contributed by atoms with Gasteiger partial charge in [-0.15, -0.1) is 0 Å². The number of hydrogen-bond donors (Lipinski definition) is 3. The van der Waals surface area contributed by atoms with Gasteiger partial charge in [0.1, 0.15) is 29.8 Å². The predicted molar refractivity (Wildman–Crippen MR) is 100 cm³/mol. The summed E-state index contributed by atoms with van der Waals surface area (Å²) in [5.74, 6) is -3.34. The number of carbonyl (C=O) groups is 1. The fourth-order valence-corrected chi connectivity index (χ4v) is 2.48. The molecule has 1 aromatic carbocycles. The molecule has 3 rings (SSSR count). The number of aromatic nitrogens is 4. The molecule has 0 aliphatic carbocycles. The molecule has 13 heteroatoms. The summed E-state index contributed by atoms with van der Waals surface area (Å²) in [6.45, 7) is -1.28. The van der Waals surface area contributed by atoms with Crippen LogP contribution in [0.4, 0.5) is 39.4 Å².